The van der Waals surface area contributed by atoms with Crippen LogP contribution in [-0.4, -0.2) is 42.0 Å². The van der Waals surface area contributed by atoms with Crippen molar-refractivity contribution in [2.24, 2.45) is 0 Å². The van der Waals surface area contributed by atoms with Gasteiger partial charge in [-0.05, 0) is 69.1 Å². The maximum atomic E-state index is 12.7. The standard InChI is InChI=1S/C24H32N4O/c1-7-28(8-2)12-11-26-24(29)23-18(5)22(27-19(23)6)14-21(15-25)20-10-9-16(3)17(4)13-20/h9-10,13-14,27H,7-8,11-12H2,1-6H3,(H,26,29)/b21-14+. The van der Waals surface area contributed by atoms with E-state index in [1.165, 1.54) is 5.56 Å². The number of amides is 1. The summed E-state index contributed by atoms with van der Waals surface area (Å²) in [5.41, 5.74) is 6.93. The largest absolute Gasteiger partial charge is 0.358 e. The molecule has 1 amide bonds. The third-order valence-electron chi connectivity index (χ3n) is 5.54. The van der Waals surface area contributed by atoms with Gasteiger partial charge < -0.3 is 15.2 Å². The number of hydrogen-bond donors (Lipinski definition) is 2. The van der Waals surface area contributed by atoms with E-state index in [1.54, 1.807) is 0 Å². The summed E-state index contributed by atoms with van der Waals surface area (Å²) in [6.07, 6.45) is 1.83. The first-order chi connectivity index (χ1) is 13.8. The lowest BCUT2D eigenvalue weighted by Gasteiger charge is -2.18. The lowest BCUT2D eigenvalue weighted by Crippen LogP contribution is -2.35. The van der Waals surface area contributed by atoms with E-state index in [-0.39, 0.29) is 5.91 Å². The molecular weight excluding hydrogens is 360 g/mol. The van der Waals surface area contributed by atoms with E-state index in [0.29, 0.717) is 17.7 Å². The quantitative estimate of drug-likeness (QED) is 0.655. The number of hydrogen-bond acceptors (Lipinski definition) is 3. The Bertz CT molecular complexity index is 943. The Morgan fingerprint density at radius 2 is 1.86 bits per heavy atom. The average molecular weight is 393 g/mol. The zero-order chi connectivity index (χ0) is 21.6. The van der Waals surface area contributed by atoms with Crippen molar-refractivity contribution in [1.82, 2.24) is 15.2 Å². The molecule has 0 unspecified atom stereocenters. The van der Waals surface area contributed by atoms with E-state index in [0.717, 1.165) is 47.7 Å². The number of aromatic amines is 1. The number of nitrogens with one attached hydrogen (secondary N) is 2. The smallest absolute Gasteiger partial charge is 0.253 e. The second-order valence-corrected chi connectivity index (χ2v) is 7.42. The molecule has 0 saturated carbocycles. The highest BCUT2D eigenvalue weighted by atomic mass is 16.1. The average Bonchev–Trinajstić information content (AvgIpc) is 2.98. The number of carbonyl (C=O) groups excluding carboxylic acids is 1. The number of carbonyl (C=O) groups is 1. The van der Waals surface area contributed by atoms with Crippen LogP contribution in [0.1, 0.15) is 57.8 Å². The number of aromatic nitrogens is 1. The number of allylic oxidation sites excluding steroid dienone is 1. The predicted molar refractivity (Wildman–Crippen MR) is 120 cm³/mol. The maximum absolute atomic E-state index is 12.7. The number of nitriles is 1. The minimum Gasteiger partial charge on any atom is -0.358 e. The second kappa shape index (κ2) is 10.1. The minimum atomic E-state index is -0.0762. The molecule has 1 heterocycles. The molecule has 0 aliphatic heterocycles. The topological polar surface area (TPSA) is 71.9 Å². The maximum Gasteiger partial charge on any atom is 0.253 e. The molecule has 0 atom stereocenters. The first-order valence-electron chi connectivity index (χ1n) is 10.2. The van der Waals surface area contributed by atoms with Crippen LogP contribution in [0.25, 0.3) is 11.6 Å². The van der Waals surface area contributed by atoms with Crippen molar-refractivity contribution in [2.75, 3.05) is 26.2 Å². The Labute approximate surface area is 174 Å². The highest BCUT2D eigenvalue weighted by molar-refractivity contribution is 5.99. The molecule has 0 spiro atoms. The van der Waals surface area contributed by atoms with Gasteiger partial charge in [-0.2, -0.15) is 5.26 Å². The zero-order valence-electron chi connectivity index (χ0n) is 18.4. The Morgan fingerprint density at radius 3 is 2.45 bits per heavy atom. The predicted octanol–water partition coefficient (Wildman–Crippen LogP) is 4.38. The van der Waals surface area contributed by atoms with Gasteiger partial charge in [0, 0.05) is 24.5 Å². The van der Waals surface area contributed by atoms with Gasteiger partial charge in [0.15, 0.2) is 0 Å². The first kappa shape index (κ1) is 22.4. The van der Waals surface area contributed by atoms with E-state index >= 15 is 0 Å². The SMILES string of the molecule is CCN(CC)CCNC(=O)c1c(C)[nH]c(/C=C(\C#N)c2ccc(C)c(C)c2)c1C. The molecule has 2 N–H and O–H groups in total. The van der Waals surface area contributed by atoms with E-state index < -0.39 is 0 Å². The molecule has 2 rings (SSSR count). The Hall–Kier alpha value is -2.84. The molecule has 154 valence electrons. The zero-order valence-corrected chi connectivity index (χ0v) is 18.4. The van der Waals surface area contributed by atoms with Crippen molar-refractivity contribution in [3.05, 3.63) is 57.4 Å². The van der Waals surface area contributed by atoms with E-state index in [2.05, 4.69) is 42.0 Å². The summed E-state index contributed by atoms with van der Waals surface area (Å²) in [6, 6.07) is 8.30. The van der Waals surface area contributed by atoms with Crippen molar-refractivity contribution >= 4 is 17.6 Å². The number of H-pyrrole nitrogens is 1. The summed E-state index contributed by atoms with van der Waals surface area (Å²) in [4.78, 5) is 18.3. The normalized spacial score (nSPS) is 11.6. The lowest BCUT2D eigenvalue weighted by atomic mass is 9.99. The van der Waals surface area contributed by atoms with Gasteiger partial charge in [0.1, 0.15) is 0 Å². The van der Waals surface area contributed by atoms with Gasteiger partial charge >= 0.3 is 0 Å². The minimum absolute atomic E-state index is 0.0762. The van der Waals surface area contributed by atoms with Gasteiger partial charge in [-0.15, -0.1) is 0 Å². The van der Waals surface area contributed by atoms with E-state index in [1.807, 2.05) is 45.0 Å². The molecule has 0 aliphatic rings. The van der Waals surface area contributed by atoms with Gasteiger partial charge in [-0.1, -0.05) is 32.0 Å². The highest BCUT2D eigenvalue weighted by Gasteiger charge is 2.18. The molecule has 5 nitrogen and oxygen atoms in total. The van der Waals surface area contributed by atoms with Gasteiger partial charge in [0.05, 0.1) is 17.2 Å². The molecular formula is C24H32N4O. The summed E-state index contributed by atoms with van der Waals surface area (Å²) in [6.45, 7) is 15.5. The molecule has 0 aliphatic carbocycles. The van der Waals surface area contributed by atoms with E-state index in [4.69, 9.17) is 0 Å². The fourth-order valence-electron chi connectivity index (χ4n) is 3.45. The lowest BCUT2D eigenvalue weighted by molar-refractivity contribution is 0.0948. The Kier molecular flexibility index (Phi) is 7.81. The third kappa shape index (κ3) is 5.36. The highest BCUT2D eigenvalue weighted by Crippen LogP contribution is 2.24. The van der Waals surface area contributed by atoms with Gasteiger partial charge in [-0.3, -0.25) is 4.79 Å². The summed E-state index contributed by atoms with van der Waals surface area (Å²) >= 11 is 0. The van der Waals surface area contributed by atoms with Crippen LogP contribution < -0.4 is 5.32 Å². The van der Waals surface area contributed by atoms with Crippen LogP contribution in [0.4, 0.5) is 0 Å². The second-order valence-electron chi connectivity index (χ2n) is 7.42. The molecule has 5 heteroatoms. The summed E-state index contributed by atoms with van der Waals surface area (Å²) < 4.78 is 0. The Balaban J connectivity index is 2.25. The van der Waals surface area contributed by atoms with Crippen molar-refractivity contribution in [1.29, 1.82) is 5.26 Å². The van der Waals surface area contributed by atoms with Crippen molar-refractivity contribution < 1.29 is 4.79 Å². The van der Waals surface area contributed by atoms with Crippen molar-refractivity contribution in [2.45, 2.75) is 41.5 Å². The van der Waals surface area contributed by atoms with Gasteiger partial charge in [-0.25, -0.2) is 0 Å². The summed E-state index contributed by atoms with van der Waals surface area (Å²) in [7, 11) is 0. The molecule has 0 fully saturated rings. The van der Waals surface area contributed by atoms with Gasteiger partial charge in [0.25, 0.3) is 5.91 Å². The van der Waals surface area contributed by atoms with Crippen molar-refractivity contribution in [3.8, 4) is 6.07 Å². The van der Waals surface area contributed by atoms with Crippen LogP contribution in [0.2, 0.25) is 0 Å². The molecule has 0 radical (unpaired) electrons. The number of likely N-dealkylation sites (N-methyl/N-ethyl adjacent to an activating group) is 1. The summed E-state index contributed by atoms with van der Waals surface area (Å²) in [5.74, 6) is -0.0762. The number of aryl methyl sites for hydroxylation is 3. The van der Waals surface area contributed by atoms with Crippen LogP contribution >= 0.6 is 0 Å². The van der Waals surface area contributed by atoms with Crippen LogP contribution in [0.5, 0.6) is 0 Å². The monoisotopic (exact) mass is 392 g/mol. The molecule has 0 saturated heterocycles. The molecule has 0 bridgehead atoms. The molecule has 1 aromatic carbocycles. The number of rotatable bonds is 8. The van der Waals surface area contributed by atoms with Crippen molar-refractivity contribution in [3.63, 3.8) is 0 Å². The molecule has 2 aromatic rings. The summed E-state index contributed by atoms with van der Waals surface area (Å²) in [5, 5.41) is 12.7. The van der Waals surface area contributed by atoms with Crippen LogP contribution in [0, 0.1) is 39.0 Å². The van der Waals surface area contributed by atoms with Gasteiger partial charge in [0.2, 0.25) is 0 Å². The molecule has 1 aromatic heterocycles. The van der Waals surface area contributed by atoms with E-state index in [9.17, 15) is 10.1 Å². The molecule has 29 heavy (non-hydrogen) atoms. The fraction of sp³-hybridized carbons (Fsp3) is 0.417. The third-order valence-corrected chi connectivity index (χ3v) is 5.54. The van der Waals surface area contributed by atoms with Crippen LogP contribution in [0.3, 0.4) is 0 Å². The first-order valence-corrected chi connectivity index (χ1v) is 10.2. The fourth-order valence-corrected chi connectivity index (χ4v) is 3.45. The van der Waals surface area contributed by atoms with Crippen LogP contribution in [-0.2, 0) is 0 Å². The Morgan fingerprint density at radius 1 is 1.17 bits per heavy atom. The van der Waals surface area contributed by atoms with Crippen LogP contribution in [0.15, 0.2) is 18.2 Å². The number of nitrogens with zero attached hydrogens (tertiary/aromatic N) is 2. The number of benzene rings is 1.